The molecule has 1 atom stereocenters. The summed E-state index contributed by atoms with van der Waals surface area (Å²) in [5, 5.41) is 7.88. The Morgan fingerprint density at radius 2 is 2.05 bits per heavy atom. The lowest BCUT2D eigenvalue weighted by Gasteiger charge is -2.17. The fourth-order valence-electron chi connectivity index (χ4n) is 2.83. The topological polar surface area (TPSA) is 29.3 Å². The molecule has 3 heteroatoms. The van der Waals surface area contributed by atoms with E-state index in [2.05, 4.69) is 54.6 Å². The molecule has 2 heterocycles. The van der Waals surface area contributed by atoms with E-state index < -0.39 is 0 Å². The third-order valence-electron chi connectivity index (χ3n) is 4.11. The molecule has 0 aliphatic heterocycles. The van der Waals surface area contributed by atoms with Gasteiger partial charge in [0.05, 0.1) is 11.7 Å². The highest BCUT2D eigenvalue weighted by Gasteiger charge is 2.16. The van der Waals surface area contributed by atoms with Gasteiger partial charge >= 0.3 is 0 Å². The predicted octanol–water partition coefficient (Wildman–Crippen LogP) is 3.45. The van der Waals surface area contributed by atoms with Gasteiger partial charge in [0.15, 0.2) is 0 Å². The van der Waals surface area contributed by atoms with E-state index in [1.807, 2.05) is 30.0 Å². The summed E-state index contributed by atoms with van der Waals surface area (Å²) in [6.45, 7) is 4.32. The van der Waals surface area contributed by atoms with Gasteiger partial charge in [-0.25, -0.2) is 4.52 Å². The summed E-state index contributed by atoms with van der Waals surface area (Å²) < 4.78 is 1.93. The minimum atomic E-state index is 0.269. The molecule has 3 aromatic rings. The van der Waals surface area contributed by atoms with Gasteiger partial charge in [-0.2, -0.15) is 5.10 Å². The Labute approximate surface area is 125 Å². The van der Waals surface area contributed by atoms with E-state index in [0.717, 1.165) is 6.42 Å². The molecule has 1 unspecified atom stereocenters. The van der Waals surface area contributed by atoms with E-state index >= 15 is 0 Å². The first-order valence-corrected chi connectivity index (χ1v) is 7.34. The van der Waals surface area contributed by atoms with Crippen molar-refractivity contribution >= 4 is 5.52 Å². The second kappa shape index (κ2) is 5.70. The van der Waals surface area contributed by atoms with Crippen LogP contribution in [0.2, 0.25) is 0 Å². The molecule has 0 bridgehead atoms. The van der Waals surface area contributed by atoms with Crippen molar-refractivity contribution in [2.24, 2.45) is 0 Å². The van der Waals surface area contributed by atoms with E-state index in [0.29, 0.717) is 0 Å². The lowest BCUT2D eigenvalue weighted by molar-refractivity contribution is 0.594. The molecule has 0 aliphatic carbocycles. The van der Waals surface area contributed by atoms with Gasteiger partial charge < -0.3 is 5.32 Å². The molecule has 3 nitrogen and oxygen atoms in total. The molecule has 108 valence electrons. The smallest absolute Gasteiger partial charge is 0.0709 e. The number of nitrogens with one attached hydrogen (secondary N) is 1. The number of rotatable bonds is 4. The number of nitrogens with zero attached hydrogens (tertiary/aromatic N) is 2. The van der Waals surface area contributed by atoms with Crippen molar-refractivity contribution in [2.45, 2.75) is 26.3 Å². The number of hydrogen-bond acceptors (Lipinski definition) is 2. The van der Waals surface area contributed by atoms with Crippen LogP contribution in [-0.2, 0) is 6.42 Å². The average molecular weight is 279 g/mol. The summed E-state index contributed by atoms with van der Waals surface area (Å²) in [6.07, 6.45) is 4.94. The zero-order chi connectivity index (χ0) is 14.8. The third kappa shape index (κ3) is 2.69. The van der Waals surface area contributed by atoms with E-state index in [9.17, 15) is 0 Å². The van der Waals surface area contributed by atoms with Crippen molar-refractivity contribution in [1.82, 2.24) is 14.9 Å². The zero-order valence-corrected chi connectivity index (χ0v) is 12.8. The first-order valence-electron chi connectivity index (χ1n) is 7.34. The van der Waals surface area contributed by atoms with Gasteiger partial charge in [-0.1, -0.05) is 29.8 Å². The Morgan fingerprint density at radius 3 is 2.86 bits per heavy atom. The number of hydrogen-bond donors (Lipinski definition) is 1. The summed E-state index contributed by atoms with van der Waals surface area (Å²) in [6, 6.07) is 13.1. The molecule has 0 saturated heterocycles. The summed E-state index contributed by atoms with van der Waals surface area (Å²) in [5.41, 5.74) is 6.47. The predicted molar refractivity (Wildman–Crippen MR) is 86.6 cm³/mol. The minimum Gasteiger partial charge on any atom is -0.313 e. The number of likely N-dealkylation sites (N-methyl/N-ethyl adjacent to an activating group) is 1. The number of pyridine rings is 1. The lowest BCUT2D eigenvalue weighted by Crippen LogP contribution is -2.19. The van der Waals surface area contributed by atoms with Crippen LogP contribution in [0, 0.1) is 13.8 Å². The average Bonchev–Trinajstić information content (AvgIpc) is 2.92. The lowest BCUT2D eigenvalue weighted by atomic mass is 9.95. The van der Waals surface area contributed by atoms with Crippen molar-refractivity contribution in [3.8, 4) is 0 Å². The molecule has 0 spiro atoms. The molecule has 0 aliphatic rings. The van der Waals surface area contributed by atoms with Crippen LogP contribution in [0.1, 0.15) is 28.3 Å². The van der Waals surface area contributed by atoms with Crippen LogP contribution >= 0.6 is 0 Å². The van der Waals surface area contributed by atoms with Crippen molar-refractivity contribution in [1.29, 1.82) is 0 Å². The highest BCUT2D eigenvalue weighted by atomic mass is 15.2. The Balaban J connectivity index is 1.97. The van der Waals surface area contributed by atoms with Gasteiger partial charge in [-0.3, -0.25) is 0 Å². The second-order valence-electron chi connectivity index (χ2n) is 5.61. The minimum absolute atomic E-state index is 0.269. The SMILES string of the molecule is CNC(Cc1cc(C)ccc1C)c1cnn2ccccc12. The highest BCUT2D eigenvalue weighted by Crippen LogP contribution is 2.24. The molecule has 1 aromatic carbocycles. The molecular weight excluding hydrogens is 258 g/mol. The van der Waals surface area contributed by atoms with Crippen LogP contribution < -0.4 is 5.32 Å². The highest BCUT2D eigenvalue weighted by molar-refractivity contribution is 5.55. The third-order valence-corrected chi connectivity index (χ3v) is 4.11. The van der Waals surface area contributed by atoms with Crippen molar-refractivity contribution in [2.75, 3.05) is 7.05 Å². The molecule has 21 heavy (non-hydrogen) atoms. The quantitative estimate of drug-likeness (QED) is 0.792. The summed E-state index contributed by atoms with van der Waals surface area (Å²) in [4.78, 5) is 0. The van der Waals surface area contributed by atoms with Crippen LogP contribution in [0.5, 0.6) is 0 Å². The van der Waals surface area contributed by atoms with E-state index in [1.54, 1.807) is 0 Å². The summed E-state index contributed by atoms with van der Waals surface area (Å²) >= 11 is 0. The standard InChI is InChI=1S/C18H21N3/c1-13-7-8-14(2)15(10-13)11-17(19-3)16-12-20-21-9-5-4-6-18(16)21/h4-10,12,17,19H,11H2,1-3H3. The molecule has 0 radical (unpaired) electrons. The van der Waals surface area contributed by atoms with Gasteiger partial charge in [0, 0.05) is 17.8 Å². The maximum Gasteiger partial charge on any atom is 0.0709 e. The Kier molecular flexibility index (Phi) is 3.76. The Bertz CT molecular complexity index is 758. The fraction of sp³-hybridized carbons (Fsp3) is 0.278. The molecule has 0 saturated carbocycles. The van der Waals surface area contributed by atoms with Crippen LogP contribution in [0.15, 0.2) is 48.8 Å². The van der Waals surface area contributed by atoms with Crippen molar-refractivity contribution in [3.63, 3.8) is 0 Å². The molecule has 0 fully saturated rings. The van der Waals surface area contributed by atoms with Gasteiger partial charge in [0.1, 0.15) is 0 Å². The Morgan fingerprint density at radius 1 is 1.19 bits per heavy atom. The van der Waals surface area contributed by atoms with E-state index in [4.69, 9.17) is 0 Å². The fourth-order valence-corrected chi connectivity index (χ4v) is 2.83. The van der Waals surface area contributed by atoms with Gasteiger partial charge in [-0.05, 0) is 50.6 Å². The number of benzene rings is 1. The number of fused-ring (bicyclic) bond motifs is 1. The molecule has 1 N–H and O–H groups in total. The van der Waals surface area contributed by atoms with Crippen LogP contribution in [-0.4, -0.2) is 16.7 Å². The maximum absolute atomic E-state index is 4.45. The van der Waals surface area contributed by atoms with Crippen molar-refractivity contribution < 1.29 is 0 Å². The molecule has 0 amide bonds. The van der Waals surface area contributed by atoms with Gasteiger partial charge in [0.25, 0.3) is 0 Å². The van der Waals surface area contributed by atoms with Crippen LogP contribution in [0.4, 0.5) is 0 Å². The molecule has 2 aromatic heterocycles. The van der Waals surface area contributed by atoms with Gasteiger partial charge in [0.2, 0.25) is 0 Å². The van der Waals surface area contributed by atoms with Crippen LogP contribution in [0.3, 0.4) is 0 Å². The van der Waals surface area contributed by atoms with Crippen molar-refractivity contribution in [3.05, 3.63) is 71.0 Å². The monoisotopic (exact) mass is 279 g/mol. The van der Waals surface area contributed by atoms with E-state index in [1.165, 1.54) is 27.8 Å². The Hall–Kier alpha value is -2.13. The normalized spacial score (nSPS) is 12.7. The first kappa shape index (κ1) is 13.8. The van der Waals surface area contributed by atoms with E-state index in [-0.39, 0.29) is 6.04 Å². The zero-order valence-electron chi connectivity index (χ0n) is 12.8. The molecule has 3 rings (SSSR count). The largest absolute Gasteiger partial charge is 0.313 e. The van der Waals surface area contributed by atoms with Gasteiger partial charge in [-0.15, -0.1) is 0 Å². The summed E-state index contributed by atoms with van der Waals surface area (Å²) in [5.74, 6) is 0. The summed E-state index contributed by atoms with van der Waals surface area (Å²) in [7, 11) is 2.02. The second-order valence-corrected chi connectivity index (χ2v) is 5.61. The molecular formula is C18H21N3. The number of aromatic nitrogens is 2. The van der Waals surface area contributed by atoms with Crippen LogP contribution in [0.25, 0.3) is 5.52 Å². The first-order chi connectivity index (χ1) is 10.2. The maximum atomic E-state index is 4.45. The number of aryl methyl sites for hydroxylation is 2.